The molecule has 0 bridgehead atoms. The van der Waals surface area contributed by atoms with Gasteiger partial charge in [-0.2, -0.15) is 0 Å². The summed E-state index contributed by atoms with van der Waals surface area (Å²) in [4.78, 5) is 14.8. The molecule has 2 saturated heterocycles. The van der Waals surface area contributed by atoms with Gasteiger partial charge in [-0.1, -0.05) is 5.16 Å². The van der Waals surface area contributed by atoms with Crippen molar-refractivity contribution in [2.75, 3.05) is 13.1 Å². The molecule has 1 N–H and O–H groups in total. The summed E-state index contributed by atoms with van der Waals surface area (Å²) in [6.07, 6.45) is 5.38. The van der Waals surface area contributed by atoms with Crippen molar-refractivity contribution in [1.82, 2.24) is 15.4 Å². The number of ether oxygens (including phenoxy) is 1. The van der Waals surface area contributed by atoms with Crippen LogP contribution in [0.1, 0.15) is 49.1 Å². The van der Waals surface area contributed by atoms with Crippen LogP contribution in [0.15, 0.2) is 4.52 Å². The Morgan fingerprint density at radius 2 is 2.17 bits per heavy atom. The maximum absolute atomic E-state index is 12.3. The number of hydrogen-bond acceptors (Lipinski definition) is 5. The lowest BCUT2D eigenvalue weighted by Gasteiger charge is -2.33. The van der Waals surface area contributed by atoms with Crippen LogP contribution < -0.4 is 5.32 Å². The van der Waals surface area contributed by atoms with E-state index in [1.54, 1.807) is 0 Å². The third-order valence-corrected chi connectivity index (χ3v) is 5.94. The number of fused-ring (bicyclic) bond motifs is 1. The van der Waals surface area contributed by atoms with Crippen molar-refractivity contribution in [3.05, 3.63) is 17.0 Å². The van der Waals surface area contributed by atoms with E-state index in [1.165, 1.54) is 12.0 Å². The van der Waals surface area contributed by atoms with Crippen LogP contribution in [0.2, 0.25) is 0 Å². The predicted octanol–water partition coefficient (Wildman–Crippen LogP) is 1.94. The number of rotatable bonds is 4. The lowest BCUT2D eigenvalue weighted by molar-refractivity contribution is -0.134. The zero-order chi connectivity index (χ0) is 16.7. The van der Waals surface area contributed by atoms with E-state index < -0.39 is 0 Å². The lowest BCUT2D eigenvalue weighted by Crippen LogP contribution is -2.45. The third-order valence-electron chi connectivity index (χ3n) is 5.94. The van der Waals surface area contributed by atoms with Gasteiger partial charge in [0.25, 0.3) is 0 Å². The first kappa shape index (κ1) is 16.1. The van der Waals surface area contributed by atoms with E-state index in [1.807, 2.05) is 13.8 Å². The zero-order valence-corrected chi connectivity index (χ0v) is 14.6. The monoisotopic (exact) mass is 333 g/mol. The number of hydrogen-bond donors (Lipinski definition) is 1. The summed E-state index contributed by atoms with van der Waals surface area (Å²) in [6.45, 7) is 6.75. The molecule has 1 amide bonds. The van der Waals surface area contributed by atoms with Gasteiger partial charge >= 0.3 is 0 Å². The Morgan fingerprint density at radius 3 is 2.83 bits per heavy atom. The summed E-state index contributed by atoms with van der Waals surface area (Å²) in [5.41, 5.74) is 2.16. The molecule has 1 aromatic rings. The topological polar surface area (TPSA) is 67.6 Å². The van der Waals surface area contributed by atoms with Gasteiger partial charge < -0.3 is 14.6 Å². The van der Waals surface area contributed by atoms with E-state index in [-0.39, 0.29) is 18.1 Å². The molecule has 3 atom stereocenters. The summed E-state index contributed by atoms with van der Waals surface area (Å²) in [5.74, 6) is 1.52. The highest BCUT2D eigenvalue weighted by molar-refractivity contribution is 5.81. The summed E-state index contributed by atoms with van der Waals surface area (Å²) >= 11 is 0. The van der Waals surface area contributed by atoms with E-state index in [4.69, 9.17) is 9.26 Å². The minimum Gasteiger partial charge on any atom is -0.364 e. The number of aromatic nitrogens is 1. The van der Waals surface area contributed by atoms with Gasteiger partial charge in [0.05, 0.1) is 11.8 Å². The molecule has 0 unspecified atom stereocenters. The van der Waals surface area contributed by atoms with Crippen LogP contribution in [0.3, 0.4) is 0 Å². The van der Waals surface area contributed by atoms with Crippen molar-refractivity contribution in [3.63, 3.8) is 0 Å². The quantitative estimate of drug-likeness (QED) is 0.912. The van der Waals surface area contributed by atoms with Crippen LogP contribution in [0, 0.1) is 19.8 Å². The second-order valence-corrected chi connectivity index (χ2v) is 7.62. The van der Waals surface area contributed by atoms with E-state index in [0.29, 0.717) is 12.0 Å². The Balaban J connectivity index is 1.33. The maximum Gasteiger partial charge on any atom is 0.249 e. The second-order valence-electron chi connectivity index (χ2n) is 7.62. The Bertz CT molecular complexity index is 591. The highest BCUT2D eigenvalue weighted by Crippen LogP contribution is 2.34. The third kappa shape index (κ3) is 3.09. The average molecular weight is 333 g/mol. The number of likely N-dealkylation sites (tertiary alicyclic amines) is 1. The molecule has 24 heavy (non-hydrogen) atoms. The van der Waals surface area contributed by atoms with Gasteiger partial charge in [-0.15, -0.1) is 0 Å². The van der Waals surface area contributed by atoms with Crippen molar-refractivity contribution in [3.8, 4) is 0 Å². The van der Waals surface area contributed by atoms with Crippen LogP contribution in [0.5, 0.6) is 0 Å². The average Bonchev–Trinajstić information content (AvgIpc) is 3.08. The number of nitrogens with zero attached hydrogens (tertiary/aromatic N) is 2. The van der Waals surface area contributed by atoms with Gasteiger partial charge in [0, 0.05) is 24.7 Å². The number of carbonyl (C=O) groups excluding carboxylic acids is 1. The van der Waals surface area contributed by atoms with Crippen molar-refractivity contribution in [2.45, 2.75) is 70.7 Å². The fourth-order valence-corrected chi connectivity index (χ4v) is 4.10. The SMILES string of the molecule is Cc1noc(C)c1CN1CC[C@@H]2C[C@@H](C(=O)NC3CCC3)O[C@H]2C1. The molecule has 0 spiro atoms. The van der Waals surface area contributed by atoms with Gasteiger partial charge in [-0.25, -0.2) is 0 Å². The Kier molecular flexibility index (Phi) is 4.35. The Morgan fingerprint density at radius 1 is 1.33 bits per heavy atom. The largest absolute Gasteiger partial charge is 0.364 e. The van der Waals surface area contributed by atoms with E-state index in [0.717, 1.165) is 56.8 Å². The van der Waals surface area contributed by atoms with Crippen LogP contribution in [0.25, 0.3) is 0 Å². The van der Waals surface area contributed by atoms with Gasteiger partial charge in [0.1, 0.15) is 11.9 Å². The predicted molar refractivity (Wildman–Crippen MR) is 88.4 cm³/mol. The molecular formula is C18H27N3O3. The normalized spacial score (nSPS) is 30.8. The van der Waals surface area contributed by atoms with Gasteiger partial charge in [0.2, 0.25) is 5.91 Å². The second kappa shape index (κ2) is 6.48. The van der Waals surface area contributed by atoms with E-state index in [2.05, 4.69) is 15.4 Å². The first-order valence-electron chi connectivity index (χ1n) is 9.20. The fraction of sp³-hybridized carbons (Fsp3) is 0.778. The lowest BCUT2D eigenvalue weighted by atomic mass is 9.90. The highest BCUT2D eigenvalue weighted by Gasteiger charge is 2.42. The molecule has 1 aromatic heterocycles. The van der Waals surface area contributed by atoms with Gasteiger partial charge in [-0.3, -0.25) is 9.69 Å². The van der Waals surface area contributed by atoms with E-state index >= 15 is 0 Å². The van der Waals surface area contributed by atoms with Crippen LogP contribution >= 0.6 is 0 Å². The summed E-state index contributed by atoms with van der Waals surface area (Å²) in [5, 5.41) is 7.17. The van der Waals surface area contributed by atoms with Crippen molar-refractivity contribution in [1.29, 1.82) is 0 Å². The number of amides is 1. The molecule has 3 aliphatic rings. The van der Waals surface area contributed by atoms with Gasteiger partial charge in [0.15, 0.2) is 0 Å². The fourth-order valence-electron chi connectivity index (χ4n) is 4.10. The molecule has 3 fully saturated rings. The van der Waals surface area contributed by atoms with Crippen molar-refractivity contribution in [2.24, 2.45) is 5.92 Å². The number of piperidine rings is 1. The first-order chi connectivity index (χ1) is 11.6. The molecule has 1 saturated carbocycles. The maximum atomic E-state index is 12.3. The molecule has 2 aliphatic heterocycles. The number of nitrogens with one attached hydrogen (secondary N) is 1. The van der Waals surface area contributed by atoms with Crippen LogP contribution in [0.4, 0.5) is 0 Å². The Hall–Kier alpha value is -1.40. The molecule has 132 valence electrons. The van der Waals surface area contributed by atoms with E-state index in [9.17, 15) is 4.79 Å². The number of carbonyl (C=O) groups is 1. The summed E-state index contributed by atoms with van der Waals surface area (Å²) in [7, 11) is 0. The number of aryl methyl sites for hydroxylation is 2. The minimum absolute atomic E-state index is 0.103. The zero-order valence-electron chi connectivity index (χ0n) is 14.6. The molecule has 6 nitrogen and oxygen atoms in total. The first-order valence-corrected chi connectivity index (χ1v) is 9.20. The minimum atomic E-state index is -0.250. The molecule has 1 aliphatic carbocycles. The molecule has 4 rings (SSSR count). The van der Waals surface area contributed by atoms with Crippen molar-refractivity contribution < 1.29 is 14.1 Å². The molecule has 0 aromatic carbocycles. The smallest absolute Gasteiger partial charge is 0.249 e. The van der Waals surface area contributed by atoms with Crippen LogP contribution in [-0.4, -0.2) is 47.3 Å². The molecular weight excluding hydrogens is 306 g/mol. The molecule has 0 radical (unpaired) electrons. The summed E-state index contributed by atoms with van der Waals surface area (Å²) < 4.78 is 11.4. The highest BCUT2D eigenvalue weighted by atomic mass is 16.5. The van der Waals surface area contributed by atoms with Gasteiger partial charge in [-0.05, 0) is 58.4 Å². The standard InChI is InChI=1S/C18H27N3O3/c1-11-15(12(2)24-20-11)9-21-7-6-13-8-16(23-17(13)10-21)18(22)19-14-4-3-5-14/h13-14,16-17H,3-10H2,1-2H3,(H,19,22)/t13-,16+,17+/m1/s1. The van der Waals surface area contributed by atoms with Crippen LogP contribution in [-0.2, 0) is 16.1 Å². The Labute approximate surface area is 142 Å². The molecule has 3 heterocycles. The molecule has 6 heteroatoms. The summed E-state index contributed by atoms with van der Waals surface area (Å²) in [6, 6.07) is 0.389. The van der Waals surface area contributed by atoms with Crippen molar-refractivity contribution >= 4 is 5.91 Å².